The van der Waals surface area contributed by atoms with Gasteiger partial charge in [-0.2, -0.15) is 13.0 Å². The van der Waals surface area contributed by atoms with Gasteiger partial charge in [0.25, 0.3) is 10.1 Å². The fraction of sp³-hybridized carbons (Fsp3) is 0.426. The van der Waals surface area contributed by atoms with Crippen LogP contribution in [-0.4, -0.2) is 72.5 Å². The number of aliphatic hydroxyl groups is 1. The van der Waals surface area contributed by atoms with E-state index in [0.29, 0.717) is 44.5 Å². The molecule has 0 saturated heterocycles. The Kier molecular flexibility index (Phi) is 13.9. The number of rotatable bonds is 18. The van der Waals surface area contributed by atoms with E-state index in [9.17, 15) is 31.0 Å². The highest BCUT2D eigenvalue weighted by Gasteiger charge is 2.44. The predicted molar refractivity (Wildman–Crippen MR) is 234 cm³/mol. The molecule has 10 nitrogen and oxygen atoms in total. The van der Waals surface area contributed by atoms with Crippen LogP contribution < -0.4 is 9.64 Å². The zero-order valence-corrected chi connectivity index (χ0v) is 36.3. The number of allylic oxidation sites excluding steroid dienone is 7. The van der Waals surface area contributed by atoms with Crippen molar-refractivity contribution in [1.82, 2.24) is 0 Å². The van der Waals surface area contributed by atoms with Gasteiger partial charge in [0, 0.05) is 59.8 Å². The molecule has 3 aromatic carbocycles. The summed E-state index contributed by atoms with van der Waals surface area (Å²) in [6, 6.07) is 24.6. The summed E-state index contributed by atoms with van der Waals surface area (Å²) in [4.78, 5) is 2.25. The van der Waals surface area contributed by atoms with Crippen LogP contribution in [0.2, 0.25) is 0 Å². The molecule has 2 aliphatic heterocycles. The Hall–Kier alpha value is -4.33. The molecular weight excluding hydrogens is 785 g/mol. The fourth-order valence-electron chi connectivity index (χ4n) is 8.70. The van der Waals surface area contributed by atoms with Crippen molar-refractivity contribution in [3.63, 3.8) is 0 Å². The van der Waals surface area contributed by atoms with Crippen LogP contribution in [0.15, 0.2) is 120 Å². The van der Waals surface area contributed by atoms with Crippen molar-refractivity contribution in [2.45, 2.75) is 96.3 Å². The first-order valence-corrected chi connectivity index (χ1v) is 23.9. The number of hydrogen-bond donors (Lipinski definition) is 2. The van der Waals surface area contributed by atoms with Crippen LogP contribution >= 0.6 is 0 Å². The van der Waals surface area contributed by atoms with Crippen molar-refractivity contribution in [3.8, 4) is 5.75 Å². The minimum atomic E-state index is -4.29. The molecule has 0 amide bonds. The molecule has 6 rings (SSSR count). The van der Waals surface area contributed by atoms with Crippen molar-refractivity contribution >= 4 is 37.3 Å². The van der Waals surface area contributed by atoms with Crippen molar-refractivity contribution in [1.29, 1.82) is 0 Å². The normalized spacial score (nSPS) is 19.0. The SMILES string of the molecule is CC1(C)C(/C=C/C2=C(Oc3ccc(CCCO)cc3)C(=C/C=C3/N(CCCCS(=O)(=O)[O-])c4ccccc4C3(C)C)/CCC2)=[N+](CCCCS(=O)(=O)O)c2ccccc21. The molecule has 0 spiro atoms. The van der Waals surface area contributed by atoms with Gasteiger partial charge in [-0.05, 0) is 118 Å². The van der Waals surface area contributed by atoms with Crippen LogP contribution in [0, 0.1) is 0 Å². The minimum Gasteiger partial charge on any atom is -0.748 e. The summed E-state index contributed by atoms with van der Waals surface area (Å²) in [5, 5.41) is 9.36. The van der Waals surface area contributed by atoms with E-state index in [-0.39, 0.29) is 35.4 Å². The summed E-state index contributed by atoms with van der Waals surface area (Å²) in [5.74, 6) is 0.851. The fourth-order valence-corrected chi connectivity index (χ4v) is 9.83. The van der Waals surface area contributed by atoms with Gasteiger partial charge in [-0.1, -0.05) is 68.5 Å². The molecule has 0 radical (unpaired) electrons. The zero-order valence-electron chi connectivity index (χ0n) is 34.7. The van der Waals surface area contributed by atoms with Crippen LogP contribution in [0.25, 0.3) is 0 Å². The third-order valence-corrected chi connectivity index (χ3v) is 13.4. The largest absolute Gasteiger partial charge is 0.748 e. The van der Waals surface area contributed by atoms with Gasteiger partial charge >= 0.3 is 0 Å². The second-order valence-electron chi connectivity index (χ2n) is 16.8. The van der Waals surface area contributed by atoms with Gasteiger partial charge in [-0.3, -0.25) is 4.55 Å². The Labute approximate surface area is 350 Å². The number of para-hydroxylation sites is 2. The number of ether oxygens (including phenoxy) is 1. The zero-order chi connectivity index (χ0) is 42.4. The smallest absolute Gasteiger partial charge is 0.264 e. The van der Waals surface area contributed by atoms with E-state index < -0.39 is 20.2 Å². The third-order valence-electron chi connectivity index (χ3n) is 11.8. The van der Waals surface area contributed by atoms with Crippen molar-refractivity contribution in [3.05, 3.63) is 136 Å². The number of aliphatic hydroxyl groups excluding tert-OH is 1. The van der Waals surface area contributed by atoms with Crippen LogP contribution in [-0.2, 0) is 37.5 Å². The van der Waals surface area contributed by atoms with Crippen LogP contribution in [0.1, 0.15) is 95.8 Å². The molecule has 2 N–H and O–H groups in total. The van der Waals surface area contributed by atoms with Gasteiger partial charge in [-0.15, -0.1) is 0 Å². The summed E-state index contributed by atoms with van der Waals surface area (Å²) in [6.07, 6.45) is 14.4. The first kappa shape index (κ1) is 44.2. The van der Waals surface area contributed by atoms with E-state index in [2.05, 4.69) is 85.7 Å². The molecule has 0 saturated carbocycles. The van der Waals surface area contributed by atoms with E-state index in [1.807, 2.05) is 48.5 Å². The number of aryl methyl sites for hydroxylation is 1. The van der Waals surface area contributed by atoms with E-state index in [1.165, 1.54) is 11.1 Å². The molecule has 0 bridgehead atoms. The predicted octanol–water partition coefficient (Wildman–Crippen LogP) is 8.66. The van der Waals surface area contributed by atoms with Gasteiger partial charge in [-0.25, -0.2) is 8.42 Å². The molecule has 59 heavy (non-hydrogen) atoms. The van der Waals surface area contributed by atoms with Crippen LogP contribution in [0.4, 0.5) is 11.4 Å². The standard InChI is InChI=1S/C47H58N2O8S2/c1-46(2)39-18-5-7-20-41(39)48(30-9-11-33-58(51,52)53)43(46)28-24-36-16-13-17-37(45(36)57-38-26-22-35(23-27-38)15-14-32-50)25-29-44-47(3,4)40-19-6-8-21-42(40)49(44)31-10-12-34-59(54,55)56/h5-8,18-29,50H,9-17,30-34H2,1-4H3,(H-,51,52,53,54,55,56). The van der Waals surface area contributed by atoms with Crippen molar-refractivity contribution in [2.75, 3.05) is 36.1 Å². The molecule has 3 aliphatic rings. The summed E-state index contributed by atoms with van der Waals surface area (Å²) in [6.45, 7) is 10.1. The number of fused-ring (bicyclic) bond motifs is 2. The van der Waals surface area contributed by atoms with Crippen LogP contribution in [0.3, 0.4) is 0 Å². The molecule has 316 valence electrons. The van der Waals surface area contributed by atoms with Gasteiger partial charge < -0.3 is 19.3 Å². The molecule has 1 aliphatic carbocycles. The van der Waals surface area contributed by atoms with E-state index in [0.717, 1.165) is 70.9 Å². The second kappa shape index (κ2) is 18.5. The Balaban J connectivity index is 1.40. The highest BCUT2D eigenvalue weighted by atomic mass is 32.2. The van der Waals surface area contributed by atoms with E-state index in [1.54, 1.807) is 0 Å². The van der Waals surface area contributed by atoms with Gasteiger partial charge in [0.15, 0.2) is 5.71 Å². The maximum atomic E-state index is 11.5. The molecule has 0 aromatic heterocycles. The Morgan fingerprint density at radius 3 is 2.20 bits per heavy atom. The Morgan fingerprint density at radius 1 is 0.797 bits per heavy atom. The van der Waals surface area contributed by atoms with E-state index >= 15 is 0 Å². The lowest BCUT2D eigenvalue weighted by atomic mass is 9.81. The first-order valence-electron chi connectivity index (χ1n) is 20.7. The summed E-state index contributed by atoms with van der Waals surface area (Å²) in [5.41, 5.74) is 9.28. The van der Waals surface area contributed by atoms with Crippen LogP contribution in [0.5, 0.6) is 5.75 Å². The lowest BCUT2D eigenvalue weighted by Crippen LogP contribution is -2.28. The summed E-state index contributed by atoms with van der Waals surface area (Å²) in [7, 11) is -8.33. The second-order valence-corrected chi connectivity index (χ2v) is 19.9. The maximum Gasteiger partial charge on any atom is 0.264 e. The molecular formula is C47H58N2O8S2. The molecule has 0 atom stereocenters. The number of nitrogens with zero attached hydrogens (tertiary/aromatic N) is 2. The number of benzene rings is 3. The van der Waals surface area contributed by atoms with E-state index in [4.69, 9.17) is 4.74 Å². The highest BCUT2D eigenvalue weighted by Crippen LogP contribution is 2.48. The third kappa shape index (κ3) is 10.7. The number of anilines is 1. The number of unbranched alkanes of at least 4 members (excludes halogenated alkanes) is 2. The average molecular weight is 843 g/mol. The lowest BCUT2D eigenvalue weighted by Gasteiger charge is -2.27. The number of hydrogen-bond acceptors (Lipinski definition) is 8. The monoisotopic (exact) mass is 842 g/mol. The van der Waals surface area contributed by atoms with Crippen molar-refractivity contribution < 1.29 is 40.4 Å². The van der Waals surface area contributed by atoms with Crippen molar-refractivity contribution in [2.24, 2.45) is 0 Å². The molecule has 12 heteroatoms. The topological polar surface area (TPSA) is 147 Å². The Bertz CT molecular complexity index is 2390. The Morgan fingerprint density at radius 2 is 1.49 bits per heavy atom. The molecule has 2 heterocycles. The van der Waals surface area contributed by atoms with Gasteiger partial charge in [0.1, 0.15) is 18.1 Å². The molecule has 3 aromatic rings. The first-order chi connectivity index (χ1) is 28.0. The molecule has 0 unspecified atom stereocenters. The summed E-state index contributed by atoms with van der Waals surface area (Å²) < 4.78 is 75.6. The molecule has 0 fully saturated rings. The minimum absolute atomic E-state index is 0.134. The summed E-state index contributed by atoms with van der Waals surface area (Å²) >= 11 is 0. The highest BCUT2D eigenvalue weighted by molar-refractivity contribution is 7.85. The quantitative estimate of drug-likeness (QED) is 0.0730. The van der Waals surface area contributed by atoms with Gasteiger partial charge in [0.2, 0.25) is 5.69 Å². The average Bonchev–Trinajstić information content (AvgIpc) is 3.54. The lowest BCUT2D eigenvalue weighted by molar-refractivity contribution is -0.438. The van der Waals surface area contributed by atoms with Gasteiger partial charge in [0.05, 0.1) is 21.3 Å². The maximum absolute atomic E-state index is 11.5.